The van der Waals surface area contributed by atoms with Gasteiger partial charge in [0, 0.05) is 11.9 Å². The van der Waals surface area contributed by atoms with Gasteiger partial charge in [-0.3, -0.25) is 0 Å². The monoisotopic (exact) mass is 420 g/mol. The van der Waals surface area contributed by atoms with E-state index < -0.39 is 23.4 Å². The zero-order chi connectivity index (χ0) is 21.9. The van der Waals surface area contributed by atoms with E-state index in [1.807, 2.05) is 20.8 Å². The van der Waals surface area contributed by atoms with Crippen LogP contribution in [0.15, 0.2) is 54.7 Å². The zero-order valence-electron chi connectivity index (χ0n) is 16.5. The molecule has 158 valence electrons. The molecule has 0 radical (unpaired) electrons. The highest BCUT2D eigenvalue weighted by atomic mass is 19.4. The summed E-state index contributed by atoms with van der Waals surface area (Å²) in [6.45, 7) is 5.75. The second-order valence-corrected chi connectivity index (χ2v) is 7.42. The van der Waals surface area contributed by atoms with Crippen LogP contribution >= 0.6 is 0 Å². The SMILES string of the molecule is CC(C)(C)Oc1ccc(Nc2ncc(C(F)(F)F)c(Nc3ccccc3F)n2)cc1. The number of aromatic nitrogens is 2. The van der Waals surface area contributed by atoms with Crippen LogP contribution in [-0.4, -0.2) is 15.6 Å². The lowest BCUT2D eigenvalue weighted by molar-refractivity contribution is -0.137. The number of rotatable bonds is 5. The van der Waals surface area contributed by atoms with E-state index in [2.05, 4.69) is 20.6 Å². The third kappa shape index (κ3) is 5.59. The highest BCUT2D eigenvalue weighted by Gasteiger charge is 2.35. The summed E-state index contributed by atoms with van der Waals surface area (Å²) in [5, 5.41) is 5.24. The number of anilines is 4. The number of hydrogen-bond donors (Lipinski definition) is 2. The molecule has 5 nitrogen and oxygen atoms in total. The fourth-order valence-corrected chi connectivity index (χ4v) is 2.52. The fraction of sp³-hybridized carbons (Fsp3) is 0.238. The molecule has 0 aliphatic rings. The van der Waals surface area contributed by atoms with Gasteiger partial charge in [-0.2, -0.15) is 18.2 Å². The number of benzene rings is 2. The molecule has 0 saturated heterocycles. The molecule has 0 spiro atoms. The van der Waals surface area contributed by atoms with Crippen molar-refractivity contribution in [3.05, 3.63) is 66.1 Å². The Balaban J connectivity index is 1.86. The van der Waals surface area contributed by atoms with Crippen LogP contribution in [0.4, 0.5) is 40.7 Å². The summed E-state index contributed by atoms with van der Waals surface area (Å²) in [6.07, 6.45) is -4.06. The minimum absolute atomic E-state index is 0.0775. The van der Waals surface area contributed by atoms with Crippen LogP contribution in [0.2, 0.25) is 0 Å². The topological polar surface area (TPSA) is 59.1 Å². The molecule has 3 rings (SSSR count). The number of hydrogen-bond acceptors (Lipinski definition) is 5. The Morgan fingerprint density at radius 1 is 0.900 bits per heavy atom. The first kappa shape index (κ1) is 21.4. The largest absolute Gasteiger partial charge is 0.488 e. The summed E-state index contributed by atoms with van der Waals surface area (Å²) >= 11 is 0. The maximum absolute atomic E-state index is 13.9. The molecule has 0 amide bonds. The van der Waals surface area contributed by atoms with Gasteiger partial charge in [-0.05, 0) is 57.2 Å². The summed E-state index contributed by atoms with van der Waals surface area (Å²) in [4.78, 5) is 7.64. The van der Waals surface area contributed by atoms with E-state index in [1.54, 1.807) is 24.3 Å². The molecule has 9 heteroatoms. The standard InChI is InChI=1S/C21H20F4N4O/c1-20(2,3)30-14-10-8-13(9-11-14)27-19-26-12-15(21(23,24)25)18(29-19)28-17-7-5-4-6-16(17)22/h4-12H,1-3H3,(H2,26,27,28,29). The minimum Gasteiger partial charge on any atom is -0.488 e. The van der Waals surface area contributed by atoms with Gasteiger partial charge in [0.2, 0.25) is 5.95 Å². The van der Waals surface area contributed by atoms with Gasteiger partial charge in [-0.25, -0.2) is 9.37 Å². The summed E-state index contributed by atoms with van der Waals surface area (Å²) in [7, 11) is 0. The summed E-state index contributed by atoms with van der Waals surface area (Å²) in [5.41, 5.74) is -1.05. The van der Waals surface area contributed by atoms with E-state index in [0.717, 1.165) is 6.07 Å². The van der Waals surface area contributed by atoms with Crippen LogP contribution in [0.5, 0.6) is 5.75 Å². The molecule has 0 aliphatic heterocycles. The van der Waals surface area contributed by atoms with Crippen molar-refractivity contribution in [2.24, 2.45) is 0 Å². The van der Waals surface area contributed by atoms with Gasteiger partial charge in [0.25, 0.3) is 0 Å². The Kier molecular flexibility index (Phi) is 5.82. The number of alkyl halides is 3. The normalized spacial score (nSPS) is 11.8. The predicted molar refractivity (Wildman–Crippen MR) is 107 cm³/mol. The molecule has 0 fully saturated rings. The molecule has 0 atom stereocenters. The van der Waals surface area contributed by atoms with E-state index in [4.69, 9.17) is 4.74 Å². The number of nitrogens with zero attached hydrogens (tertiary/aromatic N) is 2. The van der Waals surface area contributed by atoms with E-state index in [-0.39, 0.29) is 17.2 Å². The summed E-state index contributed by atoms with van der Waals surface area (Å²) in [6, 6.07) is 12.2. The third-order valence-corrected chi connectivity index (χ3v) is 3.76. The Hall–Kier alpha value is -3.36. The molecule has 1 aromatic heterocycles. The van der Waals surface area contributed by atoms with Gasteiger partial charge in [-0.1, -0.05) is 12.1 Å². The number of halogens is 4. The number of para-hydroxylation sites is 1. The lowest BCUT2D eigenvalue weighted by atomic mass is 10.2. The van der Waals surface area contributed by atoms with E-state index in [0.29, 0.717) is 17.6 Å². The molecule has 2 N–H and O–H groups in total. The highest BCUT2D eigenvalue weighted by Crippen LogP contribution is 2.35. The first-order valence-corrected chi connectivity index (χ1v) is 9.03. The Morgan fingerprint density at radius 2 is 1.57 bits per heavy atom. The van der Waals surface area contributed by atoms with Gasteiger partial charge < -0.3 is 15.4 Å². The van der Waals surface area contributed by atoms with Crippen LogP contribution in [-0.2, 0) is 6.18 Å². The zero-order valence-corrected chi connectivity index (χ0v) is 16.5. The van der Waals surface area contributed by atoms with Crippen LogP contribution in [0.3, 0.4) is 0 Å². The van der Waals surface area contributed by atoms with Crippen LogP contribution in [0.25, 0.3) is 0 Å². The van der Waals surface area contributed by atoms with Gasteiger partial charge in [0.1, 0.15) is 28.5 Å². The maximum Gasteiger partial charge on any atom is 0.421 e. The first-order valence-electron chi connectivity index (χ1n) is 9.03. The molecule has 0 saturated carbocycles. The molecule has 30 heavy (non-hydrogen) atoms. The molecule has 3 aromatic rings. The highest BCUT2D eigenvalue weighted by molar-refractivity contribution is 5.63. The van der Waals surface area contributed by atoms with Crippen molar-refractivity contribution in [1.29, 1.82) is 0 Å². The first-order chi connectivity index (χ1) is 14.0. The van der Waals surface area contributed by atoms with Gasteiger partial charge in [-0.15, -0.1) is 0 Å². The van der Waals surface area contributed by atoms with E-state index in [1.165, 1.54) is 18.2 Å². The average molecular weight is 420 g/mol. The van der Waals surface area contributed by atoms with Crippen LogP contribution < -0.4 is 15.4 Å². The summed E-state index contributed by atoms with van der Waals surface area (Å²) < 4.78 is 59.6. The molecule has 0 bridgehead atoms. The maximum atomic E-state index is 13.9. The Labute approximate surface area is 171 Å². The summed E-state index contributed by atoms with van der Waals surface area (Å²) in [5.74, 6) is -0.694. The average Bonchev–Trinajstić information content (AvgIpc) is 2.63. The van der Waals surface area contributed by atoms with Crippen molar-refractivity contribution in [1.82, 2.24) is 9.97 Å². The van der Waals surface area contributed by atoms with Crippen molar-refractivity contribution >= 4 is 23.1 Å². The lowest BCUT2D eigenvalue weighted by Gasteiger charge is -2.21. The predicted octanol–water partition coefficient (Wildman–Crippen LogP) is 6.30. The second kappa shape index (κ2) is 8.17. The van der Waals surface area contributed by atoms with E-state index >= 15 is 0 Å². The minimum atomic E-state index is -4.71. The molecule has 2 aromatic carbocycles. The Morgan fingerprint density at radius 3 is 2.17 bits per heavy atom. The smallest absolute Gasteiger partial charge is 0.421 e. The van der Waals surface area contributed by atoms with Crippen molar-refractivity contribution in [2.45, 2.75) is 32.5 Å². The molecule has 0 aliphatic carbocycles. The Bertz CT molecular complexity index is 1010. The van der Waals surface area contributed by atoms with Crippen molar-refractivity contribution in [2.75, 3.05) is 10.6 Å². The second-order valence-electron chi connectivity index (χ2n) is 7.42. The molecular formula is C21H20F4N4O. The molecule has 0 unspecified atom stereocenters. The lowest BCUT2D eigenvalue weighted by Crippen LogP contribution is -2.22. The van der Waals surface area contributed by atoms with E-state index in [9.17, 15) is 17.6 Å². The molecule has 1 heterocycles. The van der Waals surface area contributed by atoms with Crippen molar-refractivity contribution < 1.29 is 22.3 Å². The van der Waals surface area contributed by atoms with Gasteiger partial charge in [0.05, 0.1) is 5.69 Å². The van der Waals surface area contributed by atoms with Crippen molar-refractivity contribution in [3.8, 4) is 5.75 Å². The third-order valence-electron chi connectivity index (χ3n) is 3.76. The number of nitrogens with one attached hydrogen (secondary N) is 2. The number of ether oxygens (including phenoxy) is 1. The van der Waals surface area contributed by atoms with Crippen molar-refractivity contribution in [3.63, 3.8) is 0 Å². The van der Waals surface area contributed by atoms with Gasteiger partial charge >= 0.3 is 6.18 Å². The van der Waals surface area contributed by atoms with Crippen LogP contribution in [0.1, 0.15) is 26.3 Å². The quantitative estimate of drug-likeness (QED) is 0.475. The fourth-order valence-electron chi connectivity index (χ4n) is 2.52. The van der Waals surface area contributed by atoms with Gasteiger partial charge in [0.15, 0.2) is 0 Å². The van der Waals surface area contributed by atoms with Crippen LogP contribution in [0, 0.1) is 5.82 Å². The molecular weight excluding hydrogens is 400 g/mol.